The van der Waals surface area contributed by atoms with Gasteiger partial charge in [0.15, 0.2) is 9.84 Å². The van der Waals surface area contributed by atoms with Crippen molar-refractivity contribution >= 4 is 15.7 Å². The van der Waals surface area contributed by atoms with Crippen LogP contribution >= 0.6 is 0 Å². The zero-order valence-corrected chi connectivity index (χ0v) is 14.0. The summed E-state index contributed by atoms with van der Waals surface area (Å²) in [5, 5.41) is 2.65. The minimum absolute atomic E-state index is 0.0159. The van der Waals surface area contributed by atoms with Crippen LogP contribution in [0, 0.1) is 5.92 Å². The van der Waals surface area contributed by atoms with E-state index in [0.717, 1.165) is 32.2 Å². The Morgan fingerprint density at radius 3 is 2.38 bits per heavy atom. The molecule has 0 aromatic heterocycles. The van der Waals surface area contributed by atoms with E-state index in [2.05, 4.69) is 5.32 Å². The SMILES string of the molecule is CN(CC(=O)NCC1CCC1)[C@@H]1CCCC[C@H]1S(C)(=O)=O. The molecule has 2 fully saturated rings. The van der Waals surface area contributed by atoms with Gasteiger partial charge in [0.05, 0.1) is 11.8 Å². The molecule has 2 aliphatic rings. The van der Waals surface area contributed by atoms with Crippen LogP contribution in [0.15, 0.2) is 0 Å². The average Bonchev–Trinajstić information content (AvgIpc) is 2.35. The van der Waals surface area contributed by atoms with Gasteiger partial charge in [-0.3, -0.25) is 9.69 Å². The first-order valence-electron chi connectivity index (χ1n) is 8.03. The lowest BCUT2D eigenvalue weighted by Gasteiger charge is -2.36. The van der Waals surface area contributed by atoms with Crippen LogP contribution in [0.4, 0.5) is 0 Å². The lowest BCUT2D eigenvalue weighted by Crippen LogP contribution is -2.50. The third kappa shape index (κ3) is 4.68. The van der Waals surface area contributed by atoms with E-state index in [4.69, 9.17) is 0 Å². The number of hydrogen-bond acceptors (Lipinski definition) is 4. The molecule has 2 rings (SSSR count). The second-order valence-corrected chi connectivity index (χ2v) is 9.00. The van der Waals surface area contributed by atoms with Crippen molar-refractivity contribution in [3.8, 4) is 0 Å². The Morgan fingerprint density at radius 1 is 1.14 bits per heavy atom. The number of amides is 1. The fourth-order valence-electron chi connectivity index (χ4n) is 3.44. The summed E-state index contributed by atoms with van der Waals surface area (Å²) in [4.78, 5) is 13.9. The molecule has 2 saturated carbocycles. The zero-order valence-electron chi connectivity index (χ0n) is 13.2. The summed E-state index contributed by atoms with van der Waals surface area (Å²) in [6.45, 7) is 1.07. The number of sulfone groups is 1. The van der Waals surface area contributed by atoms with Gasteiger partial charge in [-0.2, -0.15) is 0 Å². The molecule has 21 heavy (non-hydrogen) atoms. The Labute approximate surface area is 128 Å². The number of hydrogen-bond donors (Lipinski definition) is 1. The highest BCUT2D eigenvalue weighted by molar-refractivity contribution is 7.91. The maximum atomic E-state index is 12.0. The fourth-order valence-corrected chi connectivity index (χ4v) is 4.95. The number of carbonyl (C=O) groups is 1. The molecule has 1 N–H and O–H groups in total. The van der Waals surface area contributed by atoms with Crippen molar-refractivity contribution < 1.29 is 13.2 Å². The lowest BCUT2D eigenvalue weighted by atomic mass is 9.85. The van der Waals surface area contributed by atoms with E-state index in [1.807, 2.05) is 11.9 Å². The predicted molar refractivity (Wildman–Crippen MR) is 83.9 cm³/mol. The van der Waals surface area contributed by atoms with E-state index >= 15 is 0 Å². The Kier molecular flexibility index (Phi) is 5.66. The van der Waals surface area contributed by atoms with Crippen molar-refractivity contribution in [3.63, 3.8) is 0 Å². The number of nitrogens with one attached hydrogen (secondary N) is 1. The number of nitrogens with zero attached hydrogens (tertiary/aromatic N) is 1. The largest absolute Gasteiger partial charge is 0.355 e. The molecule has 0 radical (unpaired) electrons. The predicted octanol–water partition coefficient (Wildman–Crippen LogP) is 1.19. The summed E-state index contributed by atoms with van der Waals surface area (Å²) in [7, 11) is -1.18. The Hall–Kier alpha value is -0.620. The molecule has 0 aromatic carbocycles. The quantitative estimate of drug-likeness (QED) is 0.799. The smallest absolute Gasteiger partial charge is 0.234 e. The summed E-state index contributed by atoms with van der Waals surface area (Å²) in [6, 6.07) is -0.0248. The van der Waals surface area contributed by atoms with Gasteiger partial charge in [0.25, 0.3) is 0 Å². The third-order valence-electron chi connectivity index (χ3n) is 4.99. The van der Waals surface area contributed by atoms with Crippen molar-refractivity contribution in [1.82, 2.24) is 10.2 Å². The molecule has 1 amide bonds. The van der Waals surface area contributed by atoms with Gasteiger partial charge in [-0.1, -0.05) is 19.3 Å². The first kappa shape index (κ1) is 16.7. The first-order chi connectivity index (χ1) is 9.88. The van der Waals surface area contributed by atoms with E-state index in [1.165, 1.54) is 25.5 Å². The van der Waals surface area contributed by atoms with Gasteiger partial charge in [0, 0.05) is 18.8 Å². The Bertz CT molecular complexity index is 460. The van der Waals surface area contributed by atoms with Gasteiger partial charge >= 0.3 is 0 Å². The average molecular weight is 316 g/mol. The van der Waals surface area contributed by atoms with Crippen LogP contribution in [0.2, 0.25) is 0 Å². The van der Waals surface area contributed by atoms with Gasteiger partial charge in [-0.05, 0) is 38.6 Å². The van der Waals surface area contributed by atoms with Crippen LogP contribution in [0.1, 0.15) is 44.9 Å². The van der Waals surface area contributed by atoms with Crippen LogP contribution in [-0.2, 0) is 14.6 Å². The van der Waals surface area contributed by atoms with Crippen LogP contribution in [0.3, 0.4) is 0 Å². The van der Waals surface area contributed by atoms with Crippen LogP contribution < -0.4 is 5.32 Å². The van der Waals surface area contributed by atoms with Gasteiger partial charge < -0.3 is 5.32 Å². The van der Waals surface area contributed by atoms with Gasteiger partial charge in [-0.25, -0.2) is 8.42 Å². The van der Waals surface area contributed by atoms with E-state index in [0.29, 0.717) is 12.5 Å². The molecule has 0 aliphatic heterocycles. The second-order valence-electron chi connectivity index (χ2n) is 6.74. The Balaban J connectivity index is 1.84. The van der Waals surface area contributed by atoms with Crippen molar-refractivity contribution in [1.29, 1.82) is 0 Å². The normalized spacial score (nSPS) is 27.4. The van der Waals surface area contributed by atoms with E-state index in [9.17, 15) is 13.2 Å². The molecule has 0 spiro atoms. The molecular weight excluding hydrogens is 288 g/mol. The summed E-state index contributed by atoms with van der Waals surface area (Å²) in [6.07, 6.45) is 8.63. The van der Waals surface area contributed by atoms with E-state index in [1.54, 1.807) is 0 Å². The molecule has 5 nitrogen and oxygen atoms in total. The molecule has 122 valence electrons. The highest BCUT2D eigenvalue weighted by Gasteiger charge is 2.35. The molecule has 6 heteroatoms. The van der Waals surface area contributed by atoms with Crippen molar-refractivity contribution in [2.24, 2.45) is 5.92 Å². The molecule has 0 heterocycles. The highest BCUT2D eigenvalue weighted by Crippen LogP contribution is 2.27. The second kappa shape index (κ2) is 7.09. The maximum absolute atomic E-state index is 12.0. The first-order valence-corrected chi connectivity index (χ1v) is 9.99. The fraction of sp³-hybridized carbons (Fsp3) is 0.933. The summed E-state index contributed by atoms with van der Waals surface area (Å²) >= 11 is 0. The summed E-state index contributed by atoms with van der Waals surface area (Å²) < 4.78 is 23.8. The van der Waals surface area contributed by atoms with Gasteiger partial charge in [0.2, 0.25) is 5.91 Å². The van der Waals surface area contributed by atoms with Crippen LogP contribution in [0.25, 0.3) is 0 Å². The molecule has 2 aliphatic carbocycles. The topological polar surface area (TPSA) is 66.5 Å². The van der Waals surface area contributed by atoms with Crippen LogP contribution in [0.5, 0.6) is 0 Å². The van der Waals surface area contributed by atoms with Crippen molar-refractivity contribution in [3.05, 3.63) is 0 Å². The standard InChI is InChI=1S/C15H28N2O3S/c1-17(11-15(18)16-10-12-6-5-7-12)13-8-3-4-9-14(13)21(2,19)20/h12-14H,3-11H2,1-2H3,(H,16,18)/t13-,14-/m1/s1. The van der Waals surface area contributed by atoms with Crippen molar-refractivity contribution in [2.45, 2.75) is 56.2 Å². The number of likely N-dealkylation sites (N-methyl/N-ethyl adjacent to an activating group) is 1. The molecule has 0 saturated heterocycles. The third-order valence-corrected chi connectivity index (χ3v) is 6.64. The Morgan fingerprint density at radius 2 is 1.81 bits per heavy atom. The lowest BCUT2D eigenvalue weighted by molar-refractivity contribution is -0.122. The molecular formula is C15H28N2O3S. The van der Waals surface area contributed by atoms with Crippen LogP contribution in [-0.4, -0.2) is 56.9 Å². The van der Waals surface area contributed by atoms with Gasteiger partial charge in [-0.15, -0.1) is 0 Å². The number of carbonyl (C=O) groups excluding carboxylic acids is 1. The van der Waals surface area contributed by atoms with E-state index in [-0.39, 0.29) is 17.2 Å². The monoisotopic (exact) mass is 316 g/mol. The van der Waals surface area contributed by atoms with Gasteiger partial charge in [0.1, 0.15) is 0 Å². The van der Waals surface area contributed by atoms with E-state index < -0.39 is 9.84 Å². The maximum Gasteiger partial charge on any atom is 0.234 e. The summed E-state index contributed by atoms with van der Waals surface area (Å²) in [5.74, 6) is 0.667. The van der Waals surface area contributed by atoms with Crippen molar-refractivity contribution in [2.75, 3.05) is 26.4 Å². The highest BCUT2D eigenvalue weighted by atomic mass is 32.2. The molecule has 2 atom stereocenters. The minimum Gasteiger partial charge on any atom is -0.355 e. The molecule has 0 bridgehead atoms. The zero-order chi connectivity index (χ0) is 15.5. The molecule has 0 aromatic rings. The summed E-state index contributed by atoms with van der Waals surface area (Å²) in [5.41, 5.74) is 0. The molecule has 0 unspecified atom stereocenters. The minimum atomic E-state index is -3.05. The number of rotatable bonds is 6.